The highest BCUT2D eigenvalue weighted by Crippen LogP contribution is 2.44. The molecule has 2 aromatic carbocycles. The average Bonchev–Trinajstić information content (AvgIpc) is 3.16. The molecular formula is C28H36N2O5. The van der Waals surface area contributed by atoms with Crippen molar-refractivity contribution in [2.75, 3.05) is 13.2 Å². The number of benzene rings is 2. The molecule has 3 rings (SSSR count). The molecule has 2 aromatic rings. The first-order chi connectivity index (χ1) is 16.8. The van der Waals surface area contributed by atoms with Crippen LogP contribution in [0.3, 0.4) is 0 Å². The summed E-state index contributed by atoms with van der Waals surface area (Å²) in [5, 5.41) is 14.5. The zero-order valence-electron chi connectivity index (χ0n) is 20.8. The molecule has 2 unspecified atom stereocenters. The normalized spacial score (nSPS) is 14.1. The van der Waals surface area contributed by atoms with Gasteiger partial charge >= 0.3 is 12.1 Å². The summed E-state index contributed by atoms with van der Waals surface area (Å²) in [4.78, 5) is 36.1. The summed E-state index contributed by atoms with van der Waals surface area (Å²) in [5.41, 5.74) is 4.58. The van der Waals surface area contributed by atoms with Gasteiger partial charge in [0, 0.05) is 18.9 Å². The number of carbonyl (C=O) groups excluding carboxylic acids is 2. The number of aliphatic carboxylic acids is 1. The first kappa shape index (κ1) is 26.3. The molecule has 0 saturated carbocycles. The van der Waals surface area contributed by atoms with Crippen LogP contribution in [0.15, 0.2) is 48.5 Å². The van der Waals surface area contributed by atoms with Crippen LogP contribution >= 0.6 is 0 Å². The fraction of sp³-hybridized carbons (Fsp3) is 0.464. The monoisotopic (exact) mass is 480 g/mol. The largest absolute Gasteiger partial charge is 0.481 e. The zero-order chi connectivity index (χ0) is 25.4. The maximum atomic E-state index is 12.6. The zero-order valence-corrected chi connectivity index (χ0v) is 20.8. The van der Waals surface area contributed by atoms with E-state index in [1.54, 1.807) is 0 Å². The number of carbonyl (C=O) groups is 3. The molecule has 1 aliphatic rings. The van der Waals surface area contributed by atoms with Gasteiger partial charge in [-0.2, -0.15) is 0 Å². The summed E-state index contributed by atoms with van der Waals surface area (Å²) < 4.78 is 5.57. The van der Waals surface area contributed by atoms with Crippen molar-refractivity contribution in [2.45, 2.75) is 58.4 Å². The highest BCUT2D eigenvalue weighted by Gasteiger charge is 2.29. The number of hydrogen-bond donors (Lipinski definition) is 3. The lowest BCUT2D eigenvalue weighted by molar-refractivity contribution is -0.137. The van der Waals surface area contributed by atoms with E-state index >= 15 is 0 Å². The van der Waals surface area contributed by atoms with E-state index < -0.39 is 18.1 Å². The van der Waals surface area contributed by atoms with Crippen molar-refractivity contribution in [3.8, 4) is 11.1 Å². The van der Waals surface area contributed by atoms with Gasteiger partial charge in [0.1, 0.15) is 12.6 Å². The quantitative estimate of drug-likeness (QED) is 0.399. The molecule has 0 radical (unpaired) electrons. The molecule has 7 heteroatoms. The Hall–Kier alpha value is -3.35. The number of amides is 2. The van der Waals surface area contributed by atoms with E-state index in [2.05, 4.69) is 48.7 Å². The van der Waals surface area contributed by atoms with Crippen molar-refractivity contribution in [3.05, 3.63) is 59.7 Å². The Labute approximate surface area is 207 Å². The van der Waals surface area contributed by atoms with Crippen LogP contribution in [0.4, 0.5) is 4.79 Å². The van der Waals surface area contributed by atoms with Gasteiger partial charge in [-0.3, -0.25) is 9.59 Å². The first-order valence-corrected chi connectivity index (χ1v) is 12.4. The number of ether oxygens (including phenoxy) is 1. The lowest BCUT2D eigenvalue weighted by atomic mass is 9.88. The fourth-order valence-electron chi connectivity index (χ4n) is 4.76. The molecule has 0 bridgehead atoms. The van der Waals surface area contributed by atoms with Crippen molar-refractivity contribution in [2.24, 2.45) is 11.8 Å². The molecule has 0 aliphatic heterocycles. The number of nitrogens with one attached hydrogen (secondary N) is 2. The van der Waals surface area contributed by atoms with E-state index in [4.69, 9.17) is 9.84 Å². The summed E-state index contributed by atoms with van der Waals surface area (Å²) in [6, 6.07) is 15.6. The van der Waals surface area contributed by atoms with Crippen molar-refractivity contribution in [1.29, 1.82) is 0 Å². The summed E-state index contributed by atoms with van der Waals surface area (Å²) in [5.74, 6) is -0.575. The maximum Gasteiger partial charge on any atom is 0.407 e. The summed E-state index contributed by atoms with van der Waals surface area (Å²) in [6.45, 7) is 6.57. The van der Waals surface area contributed by atoms with Crippen molar-refractivity contribution in [1.82, 2.24) is 10.6 Å². The van der Waals surface area contributed by atoms with Crippen LogP contribution in [0.1, 0.15) is 63.5 Å². The SMILES string of the molecule is CCC(NC(=O)OCC1c2ccccc2-c2ccccc21)C(=O)NCCC(CCC(=O)O)C(C)C. The third-order valence-corrected chi connectivity index (χ3v) is 6.85. The van der Waals surface area contributed by atoms with Gasteiger partial charge < -0.3 is 20.5 Å². The Morgan fingerprint density at radius 1 is 0.971 bits per heavy atom. The Bertz CT molecular complexity index is 990. The summed E-state index contributed by atoms with van der Waals surface area (Å²) in [7, 11) is 0. The van der Waals surface area contributed by atoms with Gasteiger partial charge in [-0.15, -0.1) is 0 Å². The molecule has 2 amide bonds. The Kier molecular flexibility index (Phi) is 9.29. The lowest BCUT2D eigenvalue weighted by Crippen LogP contribution is -2.47. The van der Waals surface area contributed by atoms with Crippen molar-refractivity contribution >= 4 is 18.0 Å². The molecule has 0 spiro atoms. The number of carboxylic acid groups (broad SMARTS) is 1. The third kappa shape index (κ3) is 6.84. The summed E-state index contributed by atoms with van der Waals surface area (Å²) in [6.07, 6.45) is 1.21. The highest BCUT2D eigenvalue weighted by molar-refractivity contribution is 5.85. The molecule has 0 saturated heterocycles. The number of rotatable bonds is 12. The van der Waals surface area contributed by atoms with Crippen LogP contribution in [0.2, 0.25) is 0 Å². The Morgan fingerprint density at radius 3 is 2.11 bits per heavy atom. The van der Waals surface area contributed by atoms with Crippen LogP contribution in [0, 0.1) is 11.8 Å². The standard InChI is InChI=1S/C28H36N2O5/c1-4-25(27(33)29-16-15-19(18(2)3)13-14-26(31)32)30-28(34)35-17-24-22-11-7-5-9-20(22)21-10-6-8-12-23(21)24/h5-12,18-19,24-25H,4,13-17H2,1-3H3,(H,29,33)(H,30,34)(H,31,32). The van der Waals surface area contributed by atoms with E-state index in [9.17, 15) is 14.4 Å². The second-order valence-corrected chi connectivity index (χ2v) is 9.45. The predicted molar refractivity (Wildman–Crippen MR) is 135 cm³/mol. The number of fused-ring (bicyclic) bond motifs is 3. The minimum atomic E-state index is -0.807. The molecule has 2 atom stereocenters. The fourth-order valence-corrected chi connectivity index (χ4v) is 4.76. The van der Waals surface area contributed by atoms with Gasteiger partial charge in [0.15, 0.2) is 0 Å². The molecular weight excluding hydrogens is 444 g/mol. The second-order valence-electron chi connectivity index (χ2n) is 9.45. The molecule has 0 fully saturated rings. The average molecular weight is 481 g/mol. The van der Waals surface area contributed by atoms with E-state index in [1.807, 2.05) is 31.2 Å². The van der Waals surface area contributed by atoms with E-state index in [0.717, 1.165) is 22.3 Å². The second kappa shape index (κ2) is 12.4. The smallest absolute Gasteiger partial charge is 0.407 e. The highest BCUT2D eigenvalue weighted by atomic mass is 16.5. The van der Waals surface area contributed by atoms with Crippen molar-refractivity contribution in [3.63, 3.8) is 0 Å². The van der Waals surface area contributed by atoms with Gasteiger partial charge in [0.25, 0.3) is 0 Å². The van der Waals surface area contributed by atoms with Crippen LogP contribution in [-0.4, -0.2) is 42.3 Å². The lowest BCUT2D eigenvalue weighted by Gasteiger charge is -2.22. The first-order valence-electron chi connectivity index (χ1n) is 12.4. The van der Waals surface area contributed by atoms with Gasteiger partial charge in [-0.1, -0.05) is 69.3 Å². The van der Waals surface area contributed by atoms with E-state index in [1.165, 1.54) is 0 Å². The van der Waals surface area contributed by atoms with Crippen LogP contribution in [-0.2, 0) is 14.3 Å². The molecule has 35 heavy (non-hydrogen) atoms. The minimum Gasteiger partial charge on any atom is -0.481 e. The molecule has 0 heterocycles. The van der Waals surface area contributed by atoms with Gasteiger partial charge in [-0.25, -0.2) is 4.79 Å². The topological polar surface area (TPSA) is 105 Å². The third-order valence-electron chi connectivity index (χ3n) is 6.85. The number of carboxylic acids is 1. The van der Waals surface area contributed by atoms with Gasteiger partial charge in [0.05, 0.1) is 0 Å². The summed E-state index contributed by atoms with van der Waals surface area (Å²) >= 11 is 0. The Balaban J connectivity index is 1.50. The van der Waals surface area contributed by atoms with Crippen LogP contribution < -0.4 is 10.6 Å². The molecule has 188 valence electrons. The molecule has 3 N–H and O–H groups in total. The van der Waals surface area contributed by atoms with Crippen molar-refractivity contribution < 1.29 is 24.2 Å². The van der Waals surface area contributed by atoms with Crippen LogP contribution in [0.5, 0.6) is 0 Å². The number of alkyl carbamates (subject to hydrolysis) is 1. The van der Waals surface area contributed by atoms with Gasteiger partial charge in [0.2, 0.25) is 5.91 Å². The van der Waals surface area contributed by atoms with Crippen LogP contribution in [0.25, 0.3) is 11.1 Å². The molecule has 1 aliphatic carbocycles. The van der Waals surface area contributed by atoms with Gasteiger partial charge in [-0.05, 0) is 53.4 Å². The minimum absolute atomic E-state index is 0.0409. The van der Waals surface area contributed by atoms with E-state index in [0.29, 0.717) is 31.7 Å². The van der Waals surface area contributed by atoms with E-state index in [-0.39, 0.29) is 30.8 Å². The predicted octanol–water partition coefficient (Wildman–Crippen LogP) is 4.95. The Morgan fingerprint density at radius 2 is 1.57 bits per heavy atom. The maximum absolute atomic E-state index is 12.6. The number of hydrogen-bond acceptors (Lipinski definition) is 4. The molecule has 7 nitrogen and oxygen atoms in total. The molecule has 0 aromatic heterocycles.